The Morgan fingerprint density at radius 2 is 2.05 bits per heavy atom. The van der Waals surface area contributed by atoms with Gasteiger partial charge in [-0.05, 0) is 19.1 Å². The van der Waals surface area contributed by atoms with Crippen molar-refractivity contribution >= 4 is 11.6 Å². The molecule has 0 aromatic heterocycles. The summed E-state index contributed by atoms with van der Waals surface area (Å²) >= 11 is 0. The molecule has 0 saturated carbocycles. The lowest BCUT2D eigenvalue weighted by Gasteiger charge is -2.32. The van der Waals surface area contributed by atoms with E-state index >= 15 is 0 Å². The van der Waals surface area contributed by atoms with Gasteiger partial charge in [0.05, 0.1) is 0 Å². The summed E-state index contributed by atoms with van der Waals surface area (Å²) in [6, 6.07) is 8.16. The molecule has 1 aromatic carbocycles. The summed E-state index contributed by atoms with van der Waals surface area (Å²) in [6.45, 7) is 0.654. The molecule has 1 aliphatic heterocycles. The molecule has 0 aliphatic carbocycles. The molecule has 2 rings (SSSR count). The van der Waals surface area contributed by atoms with Crippen LogP contribution in [0, 0.1) is 0 Å². The van der Waals surface area contributed by atoms with Crippen molar-refractivity contribution in [3.05, 3.63) is 30.3 Å². The molecule has 114 valence electrons. The number of rotatable bonds is 3. The number of alkyl halides is 3. The summed E-state index contributed by atoms with van der Waals surface area (Å²) in [5.41, 5.74) is -3.29. The Morgan fingerprint density at radius 1 is 1.43 bits per heavy atom. The molecule has 0 saturated heterocycles. The maximum Gasteiger partial charge on any atom is 0.438 e. The van der Waals surface area contributed by atoms with E-state index in [-0.39, 0.29) is 10.7 Å². The number of amides is 1. The normalized spacial score (nSPS) is 22.1. The number of para-hydroxylation sites is 1. The minimum atomic E-state index is -5.00. The van der Waals surface area contributed by atoms with Gasteiger partial charge in [0.1, 0.15) is 5.75 Å². The molecule has 5 nitrogen and oxygen atoms in total. The number of ether oxygens (including phenoxy) is 1. The largest absolute Gasteiger partial charge is 0.484 e. The van der Waals surface area contributed by atoms with E-state index in [0.29, 0.717) is 5.75 Å². The van der Waals surface area contributed by atoms with Crippen LogP contribution in [0.25, 0.3) is 0 Å². The first-order valence-corrected chi connectivity index (χ1v) is 6.08. The number of aliphatic hydroxyl groups is 1. The van der Waals surface area contributed by atoms with Crippen LogP contribution < -0.4 is 4.74 Å². The highest BCUT2D eigenvalue weighted by molar-refractivity contribution is 5.89. The van der Waals surface area contributed by atoms with Crippen molar-refractivity contribution in [2.45, 2.75) is 25.2 Å². The fourth-order valence-corrected chi connectivity index (χ4v) is 1.93. The van der Waals surface area contributed by atoms with Gasteiger partial charge >= 0.3 is 6.18 Å². The van der Waals surface area contributed by atoms with E-state index in [4.69, 9.17) is 4.74 Å². The highest BCUT2D eigenvalue weighted by Gasteiger charge is 2.62. The van der Waals surface area contributed by atoms with Crippen molar-refractivity contribution < 1.29 is 27.8 Å². The lowest BCUT2D eigenvalue weighted by Crippen LogP contribution is -2.57. The quantitative estimate of drug-likeness (QED) is 0.928. The zero-order valence-electron chi connectivity index (χ0n) is 11.1. The van der Waals surface area contributed by atoms with E-state index in [9.17, 15) is 23.1 Å². The first-order valence-electron chi connectivity index (χ1n) is 6.08. The van der Waals surface area contributed by atoms with Gasteiger partial charge in [-0.15, -0.1) is 0 Å². The number of carbonyl (C=O) groups excluding carboxylic acids is 1. The zero-order valence-corrected chi connectivity index (χ0v) is 11.1. The third-order valence-electron chi connectivity index (χ3n) is 2.92. The monoisotopic (exact) mass is 302 g/mol. The van der Waals surface area contributed by atoms with Crippen LogP contribution in [0.1, 0.15) is 13.3 Å². The average molecular weight is 302 g/mol. The molecule has 0 bridgehead atoms. The fourth-order valence-electron chi connectivity index (χ4n) is 1.93. The molecule has 21 heavy (non-hydrogen) atoms. The predicted octanol–water partition coefficient (Wildman–Crippen LogP) is 1.92. The van der Waals surface area contributed by atoms with Gasteiger partial charge in [0, 0.05) is 12.1 Å². The summed E-state index contributed by atoms with van der Waals surface area (Å²) in [5, 5.41) is 13.3. The summed E-state index contributed by atoms with van der Waals surface area (Å²) in [5.74, 6) is -0.739. The smallest absolute Gasteiger partial charge is 0.438 e. The Hall–Kier alpha value is -2.09. The lowest BCUT2D eigenvalue weighted by molar-refractivity contribution is -0.302. The summed E-state index contributed by atoms with van der Waals surface area (Å²) < 4.78 is 43.9. The van der Waals surface area contributed by atoms with Crippen molar-refractivity contribution in [1.29, 1.82) is 0 Å². The number of hydrogen-bond acceptors (Lipinski definition) is 4. The molecule has 1 atom stereocenters. The second kappa shape index (κ2) is 5.36. The number of nitrogens with zero attached hydrogens (tertiary/aromatic N) is 2. The predicted molar refractivity (Wildman–Crippen MR) is 67.5 cm³/mol. The van der Waals surface area contributed by atoms with Crippen LogP contribution >= 0.6 is 0 Å². The Morgan fingerprint density at radius 3 is 2.62 bits per heavy atom. The van der Waals surface area contributed by atoms with E-state index in [0.717, 1.165) is 0 Å². The molecule has 1 heterocycles. The van der Waals surface area contributed by atoms with E-state index in [2.05, 4.69) is 5.10 Å². The van der Waals surface area contributed by atoms with Crippen LogP contribution in [0.4, 0.5) is 13.2 Å². The Bertz CT molecular complexity index is 560. The van der Waals surface area contributed by atoms with Crippen LogP contribution in [-0.2, 0) is 4.79 Å². The third kappa shape index (κ3) is 2.99. The molecule has 0 radical (unpaired) electrons. The van der Waals surface area contributed by atoms with Crippen LogP contribution in [0.3, 0.4) is 0 Å². The van der Waals surface area contributed by atoms with Gasteiger partial charge in [0.2, 0.25) is 0 Å². The minimum absolute atomic E-state index is 0.0166. The van der Waals surface area contributed by atoms with E-state index in [1.54, 1.807) is 30.3 Å². The Labute approximate surface area is 118 Å². The third-order valence-corrected chi connectivity index (χ3v) is 2.92. The molecular formula is C13H13F3N2O3. The molecule has 1 amide bonds. The molecule has 0 unspecified atom stereocenters. The molecule has 1 aromatic rings. The number of benzene rings is 1. The second-order valence-electron chi connectivity index (χ2n) is 4.63. The second-order valence-corrected chi connectivity index (χ2v) is 4.63. The molecular weight excluding hydrogens is 289 g/mol. The number of halogens is 3. The van der Waals surface area contributed by atoms with E-state index in [1.165, 1.54) is 6.92 Å². The van der Waals surface area contributed by atoms with Crippen LogP contribution in [-0.4, -0.2) is 40.2 Å². The summed E-state index contributed by atoms with van der Waals surface area (Å²) in [6.07, 6.45) is -5.77. The fraction of sp³-hybridized carbons (Fsp3) is 0.385. The Balaban J connectivity index is 2.10. The van der Waals surface area contributed by atoms with Crippen molar-refractivity contribution in [3.8, 4) is 5.75 Å². The van der Waals surface area contributed by atoms with Crippen molar-refractivity contribution in [3.63, 3.8) is 0 Å². The average Bonchev–Trinajstić information content (AvgIpc) is 2.73. The number of hydrazone groups is 1. The molecule has 1 aliphatic rings. The SMILES string of the molecule is CC1=NN(C(=O)COc2ccccc2)[C@](O)(C(F)(F)F)C1. The van der Waals surface area contributed by atoms with Crippen LogP contribution in [0.2, 0.25) is 0 Å². The standard InChI is InChI=1S/C13H13F3N2O3/c1-9-7-12(20,13(14,15)16)18(17-9)11(19)8-21-10-5-3-2-4-6-10/h2-6,20H,7-8H2,1H3/t12-/m1/s1. The van der Waals surface area contributed by atoms with E-state index < -0.39 is 30.8 Å². The van der Waals surface area contributed by atoms with Gasteiger partial charge in [0.25, 0.3) is 11.6 Å². The molecule has 8 heteroatoms. The highest BCUT2D eigenvalue weighted by Crippen LogP contribution is 2.40. The molecule has 0 fully saturated rings. The van der Waals surface area contributed by atoms with Gasteiger partial charge in [-0.2, -0.15) is 23.3 Å². The minimum Gasteiger partial charge on any atom is -0.484 e. The topological polar surface area (TPSA) is 62.1 Å². The first-order chi connectivity index (χ1) is 9.74. The molecule has 0 spiro atoms. The van der Waals surface area contributed by atoms with Crippen LogP contribution in [0.5, 0.6) is 5.75 Å². The van der Waals surface area contributed by atoms with Gasteiger partial charge in [-0.25, -0.2) is 0 Å². The Kier molecular flexibility index (Phi) is 3.91. The molecule has 1 N–H and O–H groups in total. The zero-order chi connectivity index (χ0) is 15.7. The van der Waals surface area contributed by atoms with Crippen molar-refractivity contribution in [2.24, 2.45) is 5.10 Å². The number of hydrogen-bond donors (Lipinski definition) is 1. The van der Waals surface area contributed by atoms with E-state index in [1.807, 2.05) is 0 Å². The van der Waals surface area contributed by atoms with Gasteiger partial charge in [-0.1, -0.05) is 18.2 Å². The van der Waals surface area contributed by atoms with Gasteiger partial charge in [0.15, 0.2) is 6.61 Å². The number of carbonyl (C=O) groups is 1. The van der Waals surface area contributed by atoms with Crippen molar-refractivity contribution in [1.82, 2.24) is 5.01 Å². The summed E-state index contributed by atoms with van der Waals surface area (Å²) in [4.78, 5) is 11.9. The van der Waals surface area contributed by atoms with Gasteiger partial charge < -0.3 is 9.84 Å². The summed E-state index contributed by atoms with van der Waals surface area (Å²) in [7, 11) is 0. The lowest BCUT2D eigenvalue weighted by atomic mass is 10.1. The van der Waals surface area contributed by atoms with Crippen LogP contribution in [0.15, 0.2) is 35.4 Å². The highest BCUT2D eigenvalue weighted by atomic mass is 19.4. The van der Waals surface area contributed by atoms with Crippen molar-refractivity contribution in [2.75, 3.05) is 6.61 Å². The van der Waals surface area contributed by atoms with Gasteiger partial charge in [-0.3, -0.25) is 4.79 Å². The maximum absolute atomic E-state index is 12.9. The first kappa shape index (κ1) is 15.3. The maximum atomic E-state index is 12.9.